The number of hydrogen-bond donors (Lipinski definition) is 3. The molecule has 3 rings (SSSR count). The van der Waals surface area contributed by atoms with Gasteiger partial charge in [-0.2, -0.15) is 0 Å². The fourth-order valence-corrected chi connectivity index (χ4v) is 6.72. The predicted octanol–water partition coefficient (Wildman–Crippen LogP) is 6.97. The van der Waals surface area contributed by atoms with E-state index in [1.807, 2.05) is 44.2 Å². The summed E-state index contributed by atoms with van der Waals surface area (Å²) >= 11 is 0. The van der Waals surface area contributed by atoms with Gasteiger partial charge >= 0.3 is 5.97 Å². The van der Waals surface area contributed by atoms with Crippen molar-refractivity contribution in [2.75, 3.05) is 13.2 Å². The van der Waals surface area contributed by atoms with Crippen molar-refractivity contribution in [1.82, 2.24) is 10.6 Å². The van der Waals surface area contributed by atoms with Crippen LogP contribution in [0.3, 0.4) is 0 Å². The summed E-state index contributed by atoms with van der Waals surface area (Å²) in [7, 11) is 0. The Kier molecular flexibility index (Phi) is 14.2. The van der Waals surface area contributed by atoms with E-state index < -0.39 is 29.2 Å². The molecule has 1 aromatic carbocycles. The third-order valence-electron chi connectivity index (χ3n) is 9.45. The van der Waals surface area contributed by atoms with E-state index in [0.29, 0.717) is 13.0 Å². The first kappa shape index (κ1) is 36.0. The Morgan fingerprint density at radius 1 is 0.955 bits per heavy atom. The van der Waals surface area contributed by atoms with Crippen molar-refractivity contribution in [2.45, 2.75) is 142 Å². The zero-order chi connectivity index (χ0) is 32.2. The van der Waals surface area contributed by atoms with Gasteiger partial charge in [0.2, 0.25) is 11.8 Å². The molecule has 5 atom stereocenters. The summed E-state index contributed by atoms with van der Waals surface area (Å²) in [5.41, 5.74) is 0.496. The van der Waals surface area contributed by atoms with Crippen molar-refractivity contribution in [3.63, 3.8) is 0 Å². The topological polar surface area (TPSA) is 114 Å². The molecule has 0 radical (unpaired) electrons. The Balaban J connectivity index is 1.56. The van der Waals surface area contributed by atoms with Crippen LogP contribution in [0.15, 0.2) is 30.3 Å². The number of nitrogens with one attached hydrogen (secondary N) is 2. The van der Waals surface area contributed by atoms with Crippen LogP contribution in [0, 0.1) is 17.3 Å². The third-order valence-corrected chi connectivity index (χ3v) is 9.45. The van der Waals surface area contributed by atoms with Crippen LogP contribution in [0.25, 0.3) is 0 Å². The first-order valence-electron chi connectivity index (χ1n) is 17.1. The summed E-state index contributed by atoms with van der Waals surface area (Å²) in [4.78, 5) is 39.2. The number of carboxylic acids is 1. The quantitative estimate of drug-likeness (QED) is 0.163. The fraction of sp³-hybridized carbons (Fsp3) is 0.750. The molecular weight excluding hydrogens is 556 g/mol. The normalized spacial score (nSPS) is 24.2. The number of hydrogen-bond acceptors (Lipinski definition) is 5. The highest BCUT2D eigenvalue weighted by Gasteiger charge is 2.46. The van der Waals surface area contributed by atoms with Crippen LogP contribution in [0.1, 0.15) is 130 Å². The number of carboxylic acid groups (broad SMARTS) is 1. The molecule has 0 bridgehead atoms. The molecule has 8 nitrogen and oxygen atoms in total. The number of ether oxygens (including phenoxy) is 2. The standard InChI is InChI=1S/C36H58N2O6/c1-6-7-8-9-10-11-12-16-22-29(26-18-14-13-15-19-26)32(39)38-28-21-17-20-27(23-28)30(34(41)42)24-37-33(40)31-35(2,3)25-43-36(4,5)44-31/h13-15,18-19,27-31H,6-12,16-17,20-25H2,1-5H3,(H,37,40)(H,38,39)(H,41,42). The van der Waals surface area contributed by atoms with Gasteiger partial charge in [0, 0.05) is 18.0 Å². The van der Waals surface area contributed by atoms with Crippen molar-refractivity contribution < 1.29 is 29.0 Å². The van der Waals surface area contributed by atoms with E-state index in [4.69, 9.17) is 9.47 Å². The number of carbonyl (C=O) groups excluding carboxylic acids is 2. The van der Waals surface area contributed by atoms with Gasteiger partial charge in [0.05, 0.1) is 18.4 Å². The lowest BCUT2D eigenvalue weighted by Gasteiger charge is -2.45. The SMILES string of the molecule is CCCCCCCCCCC(C(=O)NC1CCCC(C(CNC(=O)C2OC(C)(C)OCC2(C)C)C(=O)O)C1)c1ccccc1. The maximum atomic E-state index is 13.7. The van der Waals surface area contributed by atoms with Gasteiger partial charge in [-0.25, -0.2) is 0 Å². The van der Waals surface area contributed by atoms with Crippen LogP contribution in [-0.2, 0) is 23.9 Å². The lowest BCUT2D eigenvalue weighted by molar-refractivity contribution is -0.304. The molecule has 1 heterocycles. The molecule has 1 aliphatic carbocycles. The van der Waals surface area contributed by atoms with E-state index in [2.05, 4.69) is 17.6 Å². The minimum Gasteiger partial charge on any atom is -0.481 e. The summed E-state index contributed by atoms with van der Waals surface area (Å²) in [6, 6.07) is 9.93. The van der Waals surface area contributed by atoms with Gasteiger partial charge in [-0.15, -0.1) is 0 Å². The third kappa shape index (κ3) is 11.2. The van der Waals surface area contributed by atoms with E-state index in [1.54, 1.807) is 13.8 Å². The largest absolute Gasteiger partial charge is 0.481 e. The molecule has 44 heavy (non-hydrogen) atoms. The van der Waals surface area contributed by atoms with Crippen molar-refractivity contribution in [3.8, 4) is 0 Å². The minimum absolute atomic E-state index is 0.0296. The van der Waals surface area contributed by atoms with E-state index in [0.717, 1.165) is 44.1 Å². The van der Waals surface area contributed by atoms with Gasteiger partial charge in [0.25, 0.3) is 0 Å². The number of carbonyl (C=O) groups is 3. The molecule has 2 amide bonds. The molecule has 2 fully saturated rings. The van der Waals surface area contributed by atoms with E-state index in [9.17, 15) is 19.5 Å². The molecule has 3 N–H and O–H groups in total. The Labute approximate surface area is 265 Å². The van der Waals surface area contributed by atoms with Crippen molar-refractivity contribution in [2.24, 2.45) is 17.3 Å². The van der Waals surface area contributed by atoms with Crippen molar-refractivity contribution in [1.29, 1.82) is 0 Å². The lowest BCUT2D eigenvalue weighted by Crippen LogP contribution is -2.57. The number of unbranched alkanes of at least 4 members (excludes halogenated alkanes) is 7. The molecule has 2 aliphatic rings. The number of amides is 2. The van der Waals surface area contributed by atoms with Gasteiger partial charge in [-0.05, 0) is 51.0 Å². The summed E-state index contributed by atoms with van der Waals surface area (Å²) < 4.78 is 11.7. The minimum atomic E-state index is -0.924. The van der Waals surface area contributed by atoms with Crippen LogP contribution in [0.4, 0.5) is 0 Å². The van der Waals surface area contributed by atoms with Crippen LogP contribution < -0.4 is 10.6 Å². The second-order valence-corrected chi connectivity index (χ2v) is 14.2. The summed E-state index contributed by atoms with van der Waals surface area (Å²) in [5, 5.41) is 16.3. The predicted molar refractivity (Wildman–Crippen MR) is 173 cm³/mol. The number of rotatable bonds is 17. The monoisotopic (exact) mass is 614 g/mol. The van der Waals surface area contributed by atoms with Crippen molar-refractivity contribution >= 4 is 17.8 Å². The maximum absolute atomic E-state index is 13.7. The zero-order valence-electron chi connectivity index (χ0n) is 27.9. The van der Waals surface area contributed by atoms with Crippen molar-refractivity contribution in [3.05, 3.63) is 35.9 Å². The van der Waals surface area contributed by atoms with Crippen LogP contribution in [0.5, 0.6) is 0 Å². The molecule has 0 spiro atoms. The second-order valence-electron chi connectivity index (χ2n) is 14.2. The van der Waals surface area contributed by atoms with Gasteiger partial charge in [0.15, 0.2) is 5.79 Å². The lowest BCUT2D eigenvalue weighted by atomic mass is 9.77. The first-order valence-corrected chi connectivity index (χ1v) is 17.1. The molecule has 1 aromatic rings. The van der Waals surface area contributed by atoms with Gasteiger partial charge in [-0.3, -0.25) is 14.4 Å². The molecule has 5 unspecified atom stereocenters. The smallest absolute Gasteiger partial charge is 0.308 e. The molecule has 0 aromatic heterocycles. The van der Waals surface area contributed by atoms with Gasteiger partial charge in [0.1, 0.15) is 6.10 Å². The molecule has 248 valence electrons. The van der Waals surface area contributed by atoms with Gasteiger partial charge < -0.3 is 25.2 Å². The Morgan fingerprint density at radius 2 is 1.61 bits per heavy atom. The zero-order valence-corrected chi connectivity index (χ0v) is 27.9. The molecular formula is C36H58N2O6. The molecule has 1 saturated heterocycles. The van der Waals surface area contributed by atoms with E-state index >= 15 is 0 Å². The molecule has 1 saturated carbocycles. The Hall–Kier alpha value is -2.45. The van der Waals surface area contributed by atoms with Gasteiger partial charge in [-0.1, -0.05) is 109 Å². The van der Waals surface area contributed by atoms with E-state index in [-0.39, 0.29) is 36.2 Å². The number of aliphatic carboxylic acids is 1. The second kappa shape index (κ2) is 17.3. The Morgan fingerprint density at radius 3 is 2.27 bits per heavy atom. The van der Waals surface area contributed by atoms with Crippen LogP contribution in [-0.4, -0.2) is 54.0 Å². The molecule has 1 aliphatic heterocycles. The fourth-order valence-electron chi connectivity index (χ4n) is 6.72. The average Bonchev–Trinajstić information content (AvgIpc) is 2.98. The summed E-state index contributed by atoms with van der Waals surface area (Å²) in [5.74, 6) is -3.18. The molecule has 8 heteroatoms. The van der Waals surface area contributed by atoms with Crippen LogP contribution in [0.2, 0.25) is 0 Å². The number of benzene rings is 1. The van der Waals surface area contributed by atoms with Crippen LogP contribution >= 0.6 is 0 Å². The highest BCUT2D eigenvalue weighted by molar-refractivity contribution is 5.84. The first-order chi connectivity index (χ1) is 20.9. The highest BCUT2D eigenvalue weighted by atomic mass is 16.7. The maximum Gasteiger partial charge on any atom is 0.308 e. The highest BCUT2D eigenvalue weighted by Crippen LogP contribution is 2.36. The summed E-state index contributed by atoms with van der Waals surface area (Å²) in [6.45, 7) is 10.0. The average molecular weight is 615 g/mol. The van der Waals surface area contributed by atoms with E-state index in [1.165, 1.54) is 38.5 Å². The summed E-state index contributed by atoms with van der Waals surface area (Å²) in [6.07, 6.45) is 12.9. The Bertz CT molecular complexity index is 1040.